The fraction of sp³-hybridized carbons (Fsp3) is 0.316. The number of hydrogen-bond donors (Lipinski definition) is 0. The van der Waals surface area contributed by atoms with Crippen molar-refractivity contribution in [1.82, 2.24) is 4.90 Å². The number of likely N-dealkylation sites (tertiary alicyclic amines) is 1. The van der Waals surface area contributed by atoms with Crippen LogP contribution in [0, 0.1) is 16.0 Å². The Morgan fingerprint density at radius 2 is 2.00 bits per heavy atom. The van der Waals surface area contributed by atoms with Crippen LogP contribution in [0.2, 0.25) is 0 Å². The highest BCUT2D eigenvalue weighted by atomic mass is 16.6. The third-order valence-corrected chi connectivity index (χ3v) is 4.34. The molecule has 0 aromatic heterocycles. The van der Waals surface area contributed by atoms with Crippen molar-refractivity contribution >= 4 is 11.6 Å². The Kier molecular flexibility index (Phi) is 5.40. The molecule has 1 atom stereocenters. The predicted octanol–water partition coefficient (Wildman–Crippen LogP) is 3.27. The smallest absolute Gasteiger partial charge is 0.270 e. The molecule has 0 bridgehead atoms. The molecule has 6 heteroatoms. The summed E-state index contributed by atoms with van der Waals surface area (Å²) in [6.45, 7) is 2.45. The summed E-state index contributed by atoms with van der Waals surface area (Å²) in [4.78, 5) is 24.6. The van der Waals surface area contributed by atoms with Crippen LogP contribution in [-0.4, -0.2) is 35.4 Å². The van der Waals surface area contributed by atoms with E-state index in [1.165, 1.54) is 12.1 Å². The van der Waals surface area contributed by atoms with Crippen LogP contribution in [0.15, 0.2) is 54.6 Å². The summed E-state index contributed by atoms with van der Waals surface area (Å²) in [5.74, 6) is 0.139. The number of amides is 1. The molecule has 2 aromatic rings. The van der Waals surface area contributed by atoms with Crippen molar-refractivity contribution in [1.29, 1.82) is 0 Å². The zero-order chi connectivity index (χ0) is 17.6. The first kappa shape index (κ1) is 17.1. The SMILES string of the molecule is O=C(c1cccc([N+](=O)[O-])c1)N1CC[C@H](COCc2ccccc2)C1. The Labute approximate surface area is 146 Å². The summed E-state index contributed by atoms with van der Waals surface area (Å²) in [6.07, 6.45) is 0.884. The van der Waals surface area contributed by atoms with E-state index in [0.717, 1.165) is 12.0 Å². The van der Waals surface area contributed by atoms with Crippen molar-refractivity contribution in [3.63, 3.8) is 0 Å². The van der Waals surface area contributed by atoms with Gasteiger partial charge in [-0.25, -0.2) is 0 Å². The molecule has 130 valence electrons. The number of carbonyl (C=O) groups is 1. The Hall–Kier alpha value is -2.73. The van der Waals surface area contributed by atoms with E-state index < -0.39 is 4.92 Å². The van der Waals surface area contributed by atoms with E-state index >= 15 is 0 Å². The quantitative estimate of drug-likeness (QED) is 0.597. The van der Waals surface area contributed by atoms with Crippen molar-refractivity contribution in [2.75, 3.05) is 19.7 Å². The van der Waals surface area contributed by atoms with E-state index in [9.17, 15) is 14.9 Å². The summed E-state index contributed by atoms with van der Waals surface area (Å²) in [5.41, 5.74) is 1.43. The van der Waals surface area contributed by atoms with Crippen LogP contribution >= 0.6 is 0 Å². The van der Waals surface area contributed by atoms with Gasteiger partial charge < -0.3 is 9.64 Å². The fourth-order valence-electron chi connectivity index (χ4n) is 3.01. The largest absolute Gasteiger partial charge is 0.376 e. The molecule has 1 aliphatic rings. The van der Waals surface area contributed by atoms with Gasteiger partial charge >= 0.3 is 0 Å². The predicted molar refractivity (Wildman–Crippen MR) is 93.2 cm³/mol. The van der Waals surface area contributed by atoms with Gasteiger partial charge in [0.25, 0.3) is 11.6 Å². The molecule has 1 aliphatic heterocycles. The Bertz CT molecular complexity index is 748. The maximum absolute atomic E-state index is 12.5. The lowest BCUT2D eigenvalue weighted by Gasteiger charge is -2.16. The lowest BCUT2D eigenvalue weighted by atomic mass is 10.1. The second kappa shape index (κ2) is 7.90. The minimum Gasteiger partial charge on any atom is -0.376 e. The fourth-order valence-corrected chi connectivity index (χ4v) is 3.01. The first-order valence-corrected chi connectivity index (χ1v) is 8.29. The summed E-state index contributed by atoms with van der Waals surface area (Å²) in [5, 5.41) is 10.8. The van der Waals surface area contributed by atoms with E-state index in [4.69, 9.17) is 4.74 Å². The number of carbonyl (C=O) groups excluding carboxylic acids is 1. The maximum Gasteiger partial charge on any atom is 0.270 e. The number of nitrogens with zero attached hydrogens (tertiary/aromatic N) is 2. The van der Waals surface area contributed by atoms with E-state index in [1.807, 2.05) is 30.3 Å². The summed E-state index contributed by atoms with van der Waals surface area (Å²) in [7, 11) is 0. The minimum absolute atomic E-state index is 0.0622. The van der Waals surface area contributed by atoms with Gasteiger partial charge in [0, 0.05) is 36.7 Å². The number of rotatable bonds is 6. The third-order valence-electron chi connectivity index (χ3n) is 4.34. The topological polar surface area (TPSA) is 72.7 Å². The Morgan fingerprint density at radius 3 is 2.76 bits per heavy atom. The van der Waals surface area contributed by atoms with Gasteiger partial charge in [0.05, 0.1) is 18.1 Å². The van der Waals surface area contributed by atoms with Crippen LogP contribution in [0.3, 0.4) is 0 Å². The van der Waals surface area contributed by atoms with Crippen molar-refractivity contribution in [2.24, 2.45) is 5.92 Å². The average Bonchev–Trinajstić information content (AvgIpc) is 3.11. The number of non-ortho nitro benzene ring substituents is 1. The third kappa shape index (κ3) is 4.42. The number of nitro groups is 1. The van der Waals surface area contributed by atoms with Crippen LogP contribution in [0.5, 0.6) is 0 Å². The van der Waals surface area contributed by atoms with Gasteiger partial charge in [0.1, 0.15) is 0 Å². The van der Waals surface area contributed by atoms with Gasteiger partial charge in [-0.3, -0.25) is 14.9 Å². The zero-order valence-electron chi connectivity index (χ0n) is 13.8. The van der Waals surface area contributed by atoms with Gasteiger partial charge in [0.2, 0.25) is 0 Å². The van der Waals surface area contributed by atoms with Crippen LogP contribution in [0.4, 0.5) is 5.69 Å². The standard InChI is InChI=1S/C19H20N2O4/c22-19(17-7-4-8-18(11-17)21(23)24)20-10-9-16(12-20)14-25-13-15-5-2-1-3-6-15/h1-8,11,16H,9-10,12-14H2/t16-/m0/s1. The van der Waals surface area contributed by atoms with E-state index in [1.54, 1.807) is 17.0 Å². The van der Waals surface area contributed by atoms with Gasteiger partial charge in [-0.05, 0) is 18.1 Å². The molecular weight excluding hydrogens is 320 g/mol. The molecule has 1 fully saturated rings. The summed E-state index contributed by atoms with van der Waals surface area (Å²) in [6, 6.07) is 15.9. The number of nitro benzene ring substituents is 1. The molecule has 3 rings (SSSR count). The van der Waals surface area contributed by atoms with Crippen molar-refractivity contribution < 1.29 is 14.5 Å². The Morgan fingerprint density at radius 1 is 1.20 bits per heavy atom. The van der Waals surface area contributed by atoms with E-state index in [0.29, 0.717) is 37.8 Å². The van der Waals surface area contributed by atoms with Gasteiger partial charge in [-0.1, -0.05) is 36.4 Å². The lowest BCUT2D eigenvalue weighted by Crippen LogP contribution is -2.29. The molecule has 25 heavy (non-hydrogen) atoms. The Balaban J connectivity index is 1.51. The van der Waals surface area contributed by atoms with Crippen LogP contribution < -0.4 is 0 Å². The summed E-state index contributed by atoms with van der Waals surface area (Å²) >= 11 is 0. The molecule has 0 aliphatic carbocycles. The molecule has 0 radical (unpaired) electrons. The maximum atomic E-state index is 12.5. The molecule has 1 amide bonds. The number of hydrogen-bond acceptors (Lipinski definition) is 4. The van der Waals surface area contributed by atoms with E-state index in [-0.39, 0.29) is 11.6 Å². The van der Waals surface area contributed by atoms with Crippen LogP contribution in [-0.2, 0) is 11.3 Å². The van der Waals surface area contributed by atoms with Crippen molar-refractivity contribution in [3.8, 4) is 0 Å². The zero-order valence-corrected chi connectivity index (χ0v) is 13.8. The molecule has 2 aromatic carbocycles. The molecule has 0 N–H and O–H groups in total. The number of benzene rings is 2. The normalized spacial score (nSPS) is 16.8. The molecule has 1 saturated heterocycles. The molecule has 1 heterocycles. The molecule has 0 saturated carbocycles. The molecular formula is C19H20N2O4. The second-order valence-electron chi connectivity index (χ2n) is 6.21. The van der Waals surface area contributed by atoms with Crippen LogP contribution in [0.1, 0.15) is 22.3 Å². The average molecular weight is 340 g/mol. The highest BCUT2D eigenvalue weighted by molar-refractivity contribution is 5.95. The van der Waals surface area contributed by atoms with Crippen molar-refractivity contribution in [2.45, 2.75) is 13.0 Å². The van der Waals surface area contributed by atoms with Gasteiger partial charge in [0.15, 0.2) is 0 Å². The highest BCUT2D eigenvalue weighted by Gasteiger charge is 2.27. The second-order valence-corrected chi connectivity index (χ2v) is 6.21. The number of ether oxygens (including phenoxy) is 1. The van der Waals surface area contributed by atoms with Crippen LogP contribution in [0.25, 0.3) is 0 Å². The molecule has 6 nitrogen and oxygen atoms in total. The minimum atomic E-state index is -0.485. The molecule has 0 spiro atoms. The first-order chi connectivity index (χ1) is 12.1. The molecule has 0 unspecified atom stereocenters. The van der Waals surface area contributed by atoms with Crippen molar-refractivity contribution in [3.05, 3.63) is 75.8 Å². The lowest BCUT2D eigenvalue weighted by molar-refractivity contribution is -0.384. The highest BCUT2D eigenvalue weighted by Crippen LogP contribution is 2.21. The first-order valence-electron chi connectivity index (χ1n) is 8.29. The van der Waals surface area contributed by atoms with E-state index in [2.05, 4.69) is 0 Å². The summed E-state index contributed by atoms with van der Waals surface area (Å²) < 4.78 is 5.76. The van der Waals surface area contributed by atoms with Gasteiger partial charge in [-0.15, -0.1) is 0 Å². The monoisotopic (exact) mass is 340 g/mol. The van der Waals surface area contributed by atoms with Gasteiger partial charge in [-0.2, -0.15) is 0 Å².